The van der Waals surface area contributed by atoms with Gasteiger partial charge in [0.15, 0.2) is 6.61 Å². The van der Waals surface area contributed by atoms with Gasteiger partial charge in [-0.3, -0.25) is 4.79 Å². The van der Waals surface area contributed by atoms with Gasteiger partial charge in [-0.15, -0.1) is 0 Å². The molecule has 2 aromatic carbocycles. The van der Waals surface area contributed by atoms with Gasteiger partial charge in [-0.05, 0) is 67.3 Å². The zero-order chi connectivity index (χ0) is 23.4. The molecule has 1 saturated heterocycles. The number of sulfonamides is 1. The molecule has 0 saturated carbocycles. The van der Waals surface area contributed by atoms with E-state index < -0.39 is 10.0 Å². The minimum absolute atomic E-state index is 0.161. The van der Waals surface area contributed by atoms with Crippen molar-refractivity contribution in [1.82, 2.24) is 14.4 Å². The Bertz CT molecular complexity index is 1210. The number of benzene rings is 2. The number of hydrogen-bond acceptors (Lipinski definition) is 7. The molecule has 1 amide bonds. The minimum Gasteiger partial charge on any atom is -0.485 e. The maximum Gasteiger partial charge on any atom is 0.255 e. The Labute approximate surface area is 192 Å². The van der Waals surface area contributed by atoms with Crippen LogP contribution in [0.1, 0.15) is 41.8 Å². The number of nitrogens with one attached hydrogen (secondary N) is 1. The standard InChI is InChI=1S/C23H26N4O5S/c1-16-4-3-13-27(14-16)33(29,30)21-11-7-19(8-12-21)25-23(28)18-5-9-20(10-6-18)31-15-22-24-17(2)32-26-22/h5-12,16H,3-4,13-15H2,1-2H3,(H,25,28). The second-order valence-corrected chi connectivity index (χ2v) is 10.1. The molecule has 0 aliphatic carbocycles. The van der Waals surface area contributed by atoms with Gasteiger partial charge in [0.1, 0.15) is 5.75 Å². The van der Waals surface area contributed by atoms with Crippen LogP contribution >= 0.6 is 0 Å². The van der Waals surface area contributed by atoms with Gasteiger partial charge in [-0.1, -0.05) is 12.1 Å². The SMILES string of the molecule is Cc1nc(COc2ccc(C(=O)Nc3ccc(S(=O)(=O)N4CCCC(C)C4)cc3)cc2)no1. The van der Waals surface area contributed by atoms with Crippen LogP contribution in [0.3, 0.4) is 0 Å². The molecular formula is C23H26N4O5S. The second kappa shape index (κ2) is 9.72. The third-order valence-electron chi connectivity index (χ3n) is 5.42. The van der Waals surface area contributed by atoms with Crippen LogP contribution in [0.2, 0.25) is 0 Å². The van der Waals surface area contributed by atoms with Crippen molar-refractivity contribution in [1.29, 1.82) is 0 Å². The highest BCUT2D eigenvalue weighted by Gasteiger charge is 2.28. The third-order valence-corrected chi connectivity index (χ3v) is 7.30. The maximum absolute atomic E-state index is 12.9. The molecule has 4 rings (SSSR count). The molecule has 0 radical (unpaired) electrons. The number of carbonyl (C=O) groups is 1. The fraction of sp³-hybridized carbons (Fsp3) is 0.348. The van der Waals surface area contributed by atoms with Crippen molar-refractivity contribution in [3.8, 4) is 5.75 Å². The smallest absolute Gasteiger partial charge is 0.255 e. The highest BCUT2D eigenvalue weighted by molar-refractivity contribution is 7.89. The summed E-state index contributed by atoms with van der Waals surface area (Å²) in [6, 6.07) is 12.9. The van der Waals surface area contributed by atoms with Gasteiger partial charge >= 0.3 is 0 Å². The Balaban J connectivity index is 1.35. The average molecular weight is 471 g/mol. The van der Waals surface area contributed by atoms with Crippen LogP contribution in [0.15, 0.2) is 57.9 Å². The number of carbonyl (C=O) groups excluding carboxylic acids is 1. The van der Waals surface area contributed by atoms with Gasteiger partial charge < -0.3 is 14.6 Å². The van der Waals surface area contributed by atoms with Crippen LogP contribution in [0.4, 0.5) is 5.69 Å². The quantitative estimate of drug-likeness (QED) is 0.561. The second-order valence-electron chi connectivity index (χ2n) is 8.13. The molecule has 0 spiro atoms. The first-order valence-electron chi connectivity index (χ1n) is 10.7. The van der Waals surface area contributed by atoms with E-state index in [4.69, 9.17) is 9.26 Å². The van der Waals surface area contributed by atoms with Crippen LogP contribution in [-0.2, 0) is 16.6 Å². The summed E-state index contributed by atoms with van der Waals surface area (Å²) in [7, 11) is -3.53. The molecule has 10 heteroatoms. The van der Waals surface area contributed by atoms with Crippen molar-refractivity contribution < 1.29 is 22.5 Å². The van der Waals surface area contributed by atoms with Gasteiger partial charge in [0.25, 0.3) is 5.91 Å². The first kappa shape index (κ1) is 22.9. The van der Waals surface area contributed by atoms with Crippen LogP contribution < -0.4 is 10.1 Å². The molecule has 1 fully saturated rings. The summed E-state index contributed by atoms with van der Waals surface area (Å²) in [4.78, 5) is 16.9. The Morgan fingerprint density at radius 1 is 1.18 bits per heavy atom. The van der Waals surface area contributed by atoms with Crippen molar-refractivity contribution in [2.75, 3.05) is 18.4 Å². The number of piperidine rings is 1. The van der Waals surface area contributed by atoms with E-state index in [1.807, 2.05) is 0 Å². The fourth-order valence-corrected chi connectivity index (χ4v) is 5.28. The van der Waals surface area contributed by atoms with E-state index in [1.54, 1.807) is 43.3 Å². The van der Waals surface area contributed by atoms with Crippen molar-refractivity contribution in [3.05, 3.63) is 65.8 Å². The molecular weight excluding hydrogens is 444 g/mol. The highest BCUT2D eigenvalue weighted by Crippen LogP contribution is 2.24. The predicted molar refractivity (Wildman–Crippen MR) is 121 cm³/mol. The summed E-state index contributed by atoms with van der Waals surface area (Å²) >= 11 is 0. The zero-order valence-electron chi connectivity index (χ0n) is 18.5. The highest BCUT2D eigenvalue weighted by atomic mass is 32.2. The van der Waals surface area contributed by atoms with Crippen LogP contribution in [-0.4, -0.2) is 41.9 Å². The molecule has 1 unspecified atom stereocenters. The van der Waals surface area contributed by atoms with Crippen LogP contribution in [0.5, 0.6) is 5.75 Å². The van der Waals surface area contributed by atoms with Crippen molar-refractivity contribution >= 4 is 21.6 Å². The number of nitrogens with zero attached hydrogens (tertiary/aromatic N) is 3. The lowest BCUT2D eigenvalue weighted by atomic mass is 10.0. The number of aromatic nitrogens is 2. The Hall–Kier alpha value is -3.24. The Morgan fingerprint density at radius 3 is 2.55 bits per heavy atom. The van der Waals surface area contributed by atoms with Gasteiger partial charge in [0, 0.05) is 31.3 Å². The third kappa shape index (κ3) is 5.58. The molecule has 3 aromatic rings. The molecule has 1 atom stereocenters. The summed E-state index contributed by atoms with van der Waals surface area (Å²) in [5.41, 5.74) is 0.954. The number of anilines is 1. The molecule has 0 bridgehead atoms. The zero-order valence-corrected chi connectivity index (χ0v) is 19.3. The lowest BCUT2D eigenvalue weighted by Crippen LogP contribution is -2.39. The summed E-state index contributed by atoms with van der Waals surface area (Å²) in [6.45, 7) is 5.00. The topological polar surface area (TPSA) is 115 Å². The molecule has 1 aromatic heterocycles. The molecule has 2 heterocycles. The van der Waals surface area contributed by atoms with Gasteiger partial charge in [0.05, 0.1) is 4.90 Å². The normalized spacial score (nSPS) is 17.0. The molecule has 1 aliphatic heterocycles. The summed E-state index contributed by atoms with van der Waals surface area (Å²) < 4.78 is 37.8. The van der Waals surface area contributed by atoms with Crippen molar-refractivity contribution in [2.45, 2.75) is 38.2 Å². The molecule has 9 nitrogen and oxygen atoms in total. The Kier molecular flexibility index (Phi) is 6.75. The average Bonchev–Trinajstić information content (AvgIpc) is 3.23. The van der Waals surface area contributed by atoms with Gasteiger partial charge in [-0.25, -0.2) is 8.42 Å². The molecule has 174 valence electrons. The lowest BCUT2D eigenvalue weighted by Gasteiger charge is -2.30. The molecule has 1 aliphatic rings. The number of aryl methyl sites for hydroxylation is 1. The minimum atomic E-state index is -3.53. The largest absolute Gasteiger partial charge is 0.485 e. The monoisotopic (exact) mass is 470 g/mol. The van der Waals surface area contributed by atoms with E-state index in [2.05, 4.69) is 22.4 Å². The maximum atomic E-state index is 12.9. The van der Waals surface area contributed by atoms with E-state index in [9.17, 15) is 13.2 Å². The van der Waals surface area contributed by atoms with E-state index in [-0.39, 0.29) is 17.4 Å². The van der Waals surface area contributed by atoms with E-state index in [0.29, 0.717) is 47.7 Å². The number of hydrogen-bond donors (Lipinski definition) is 1. The van der Waals surface area contributed by atoms with Crippen molar-refractivity contribution in [3.63, 3.8) is 0 Å². The molecule has 33 heavy (non-hydrogen) atoms. The lowest BCUT2D eigenvalue weighted by molar-refractivity contribution is 0.102. The number of ether oxygens (including phenoxy) is 1. The molecule has 1 N–H and O–H groups in total. The summed E-state index contributed by atoms with van der Waals surface area (Å²) in [5.74, 6) is 1.51. The Morgan fingerprint density at radius 2 is 1.91 bits per heavy atom. The summed E-state index contributed by atoms with van der Waals surface area (Å²) in [6.07, 6.45) is 1.91. The number of rotatable bonds is 7. The van der Waals surface area contributed by atoms with Gasteiger partial charge in [-0.2, -0.15) is 9.29 Å². The summed E-state index contributed by atoms with van der Waals surface area (Å²) in [5, 5.41) is 6.54. The van der Waals surface area contributed by atoms with Gasteiger partial charge in [0.2, 0.25) is 21.7 Å². The van der Waals surface area contributed by atoms with Crippen LogP contribution in [0, 0.1) is 12.8 Å². The first-order valence-corrected chi connectivity index (χ1v) is 12.2. The van der Waals surface area contributed by atoms with Crippen LogP contribution in [0.25, 0.3) is 0 Å². The fourth-order valence-electron chi connectivity index (χ4n) is 3.68. The van der Waals surface area contributed by atoms with E-state index >= 15 is 0 Å². The number of amides is 1. The van der Waals surface area contributed by atoms with Crippen molar-refractivity contribution in [2.24, 2.45) is 5.92 Å². The van der Waals surface area contributed by atoms with E-state index in [0.717, 1.165) is 12.8 Å². The first-order chi connectivity index (χ1) is 15.8. The van der Waals surface area contributed by atoms with E-state index in [1.165, 1.54) is 16.4 Å². The predicted octanol–water partition coefficient (Wildman–Crippen LogP) is 3.63.